The molecule has 1 aromatic heterocycles. The van der Waals surface area contributed by atoms with Crippen LogP contribution in [0, 0.1) is 11.6 Å². The Kier molecular flexibility index (Phi) is 7.03. The van der Waals surface area contributed by atoms with Crippen molar-refractivity contribution in [2.24, 2.45) is 0 Å². The molecular formula is C19H22F2N2O3. The lowest BCUT2D eigenvalue weighted by Gasteiger charge is -2.14. The van der Waals surface area contributed by atoms with E-state index in [1.165, 1.54) is 12.1 Å². The number of rotatable bonds is 9. The molecule has 140 valence electrons. The highest BCUT2D eigenvalue weighted by Crippen LogP contribution is 2.31. The average molecular weight is 364 g/mol. The van der Waals surface area contributed by atoms with Crippen LogP contribution in [0.3, 0.4) is 0 Å². The zero-order valence-corrected chi connectivity index (χ0v) is 14.8. The first kappa shape index (κ1) is 19.8. The van der Waals surface area contributed by atoms with Crippen molar-refractivity contribution in [2.45, 2.75) is 39.3 Å². The van der Waals surface area contributed by atoms with E-state index in [0.29, 0.717) is 30.0 Å². The maximum absolute atomic E-state index is 14.4. The molecule has 26 heavy (non-hydrogen) atoms. The van der Waals surface area contributed by atoms with Gasteiger partial charge in [-0.15, -0.1) is 0 Å². The molecule has 0 unspecified atom stereocenters. The molecule has 0 aliphatic rings. The number of halogens is 2. The van der Waals surface area contributed by atoms with Gasteiger partial charge in [0.1, 0.15) is 11.6 Å². The molecule has 0 fully saturated rings. The molecule has 1 heterocycles. The predicted octanol–water partition coefficient (Wildman–Crippen LogP) is 3.77. The topological polar surface area (TPSA) is 71.5 Å². The van der Waals surface area contributed by atoms with Crippen molar-refractivity contribution in [2.75, 3.05) is 6.54 Å². The van der Waals surface area contributed by atoms with E-state index in [9.17, 15) is 13.6 Å². The number of ether oxygens (including phenoxy) is 1. The molecule has 2 rings (SSSR count). The fourth-order valence-corrected chi connectivity index (χ4v) is 2.43. The number of nitrogens with zero attached hydrogens (tertiary/aromatic N) is 1. The Hall–Kier alpha value is -2.54. The van der Waals surface area contributed by atoms with Gasteiger partial charge in [-0.2, -0.15) is 0 Å². The number of carboxylic acids is 1. The van der Waals surface area contributed by atoms with Gasteiger partial charge in [-0.25, -0.2) is 13.8 Å². The number of nitrogens with one attached hydrogen (secondary N) is 1. The van der Waals surface area contributed by atoms with E-state index in [2.05, 4.69) is 10.3 Å². The molecule has 0 spiro atoms. The second-order valence-corrected chi connectivity index (χ2v) is 6.12. The highest BCUT2D eigenvalue weighted by atomic mass is 19.1. The normalized spacial score (nSPS) is 11.0. The Morgan fingerprint density at radius 3 is 2.62 bits per heavy atom. The SMILES string of the molecule is CC(C)Oc1ncccc1-c1cc(F)c(CNCCCC(=O)O)c(F)c1. The zero-order chi connectivity index (χ0) is 19.1. The van der Waals surface area contributed by atoms with Crippen molar-refractivity contribution >= 4 is 5.97 Å². The van der Waals surface area contributed by atoms with E-state index in [1.807, 2.05) is 13.8 Å². The Morgan fingerprint density at radius 1 is 1.31 bits per heavy atom. The highest BCUT2D eigenvalue weighted by Gasteiger charge is 2.15. The van der Waals surface area contributed by atoms with E-state index in [4.69, 9.17) is 9.84 Å². The summed E-state index contributed by atoms with van der Waals surface area (Å²) in [4.78, 5) is 14.6. The molecule has 0 aliphatic carbocycles. The van der Waals surface area contributed by atoms with Crippen molar-refractivity contribution in [3.8, 4) is 17.0 Å². The van der Waals surface area contributed by atoms with Crippen molar-refractivity contribution in [1.29, 1.82) is 0 Å². The van der Waals surface area contributed by atoms with Crippen LogP contribution in [0.1, 0.15) is 32.3 Å². The Balaban J connectivity index is 2.15. The van der Waals surface area contributed by atoms with Gasteiger partial charge in [-0.05, 0) is 56.6 Å². The minimum atomic E-state index is -0.899. The molecule has 7 heteroatoms. The van der Waals surface area contributed by atoms with Gasteiger partial charge in [0, 0.05) is 30.3 Å². The summed E-state index contributed by atoms with van der Waals surface area (Å²) in [6, 6.07) is 5.88. The second-order valence-electron chi connectivity index (χ2n) is 6.12. The van der Waals surface area contributed by atoms with Crippen LogP contribution in [-0.2, 0) is 11.3 Å². The van der Waals surface area contributed by atoms with Crippen LogP contribution in [0.5, 0.6) is 5.88 Å². The third-order valence-electron chi connectivity index (χ3n) is 3.62. The highest BCUT2D eigenvalue weighted by molar-refractivity contribution is 5.69. The van der Waals surface area contributed by atoms with Gasteiger partial charge in [0.15, 0.2) is 0 Å². The number of hydrogen-bond donors (Lipinski definition) is 2. The van der Waals surface area contributed by atoms with E-state index in [0.717, 1.165) is 0 Å². The molecule has 0 bridgehead atoms. The third kappa shape index (κ3) is 5.49. The Morgan fingerprint density at radius 2 is 2.00 bits per heavy atom. The zero-order valence-electron chi connectivity index (χ0n) is 14.8. The minimum Gasteiger partial charge on any atom is -0.481 e. The van der Waals surface area contributed by atoms with Crippen molar-refractivity contribution in [3.63, 3.8) is 0 Å². The van der Waals surface area contributed by atoms with Gasteiger partial charge in [0.05, 0.1) is 6.10 Å². The van der Waals surface area contributed by atoms with Crippen molar-refractivity contribution in [1.82, 2.24) is 10.3 Å². The lowest BCUT2D eigenvalue weighted by atomic mass is 10.0. The number of carbonyl (C=O) groups is 1. The van der Waals surface area contributed by atoms with Crippen LogP contribution >= 0.6 is 0 Å². The molecule has 0 saturated carbocycles. The maximum Gasteiger partial charge on any atom is 0.303 e. The summed E-state index contributed by atoms with van der Waals surface area (Å²) in [5.74, 6) is -1.93. The number of pyridine rings is 1. The fraction of sp³-hybridized carbons (Fsp3) is 0.368. The molecule has 0 atom stereocenters. The van der Waals surface area contributed by atoms with E-state index in [-0.39, 0.29) is 24.6 Å². The largest absolute Gasteiger partial charge is 0.481 e. The van der Waals surface area contributed by atoms with Crippen molar-refractivity contribution in [3.05, 3.63) is 47.7 Å². The number of aliphatic carboxylic acids is 1. The lowest BCUT2D eigenvalue weighted by Crippen LogP contribution is -2.17. The third-order valence-corrected chi connectivity index (χ3v) is 3.62. The summed E-state index contributed by atoms with van der Waals surface area (Å²) in [7, 11) is 0. The summed E-state index contributed by atoms with van der Waals surface area (Å²) in [6.07, 6.45) is 1.84. The number of carboxylic acid groups (broad SMARTS) is 1. The number of aromatic nitrogens is 1. The van der Waals surface area contributed by atoms with Gasteiger partial charge in [-0.3, -0.25) is 4.79 Å². The van der Waals surface area contributed by atoms with Gasteiger partial charge >= 0.3 is 5.97 Å². The summed E-state index contributed by atoms with van der Waals surface area (Å²) in [5.41, 5.74) is 0.776. The van der Waals surface area contributed by atoms with E-state index < -0.39 is 17.6 Å². The summed E-state index contributed by atoms with van der Waals surface area (Å²) in [6.45, 7) is 4.04. The second kappa shape index (κ2) is 9.24. The van der Waals surface area contributed by atoms with Crippen LogP contribution in [0.15, 0.2) is 30.5 Å². The van der Waals surface area contributed by atoms with Crippen LogP contribution in [-0.4, -0.2) is 28.7 Å². The molecule has 2 N–H and O–H groups in total. The molecule has 5 nitrogen and oxygen atoms in total. The molecule has 0 radical (unpaired) electrons. The summed E-state index contributed by atoms with van der Waals surface area (Å²) >= 11 is 0. The molecule has 2 aromatic rings. The van der Waals surface area contributed by atoms with Gasteiger partial charge < -0.3 is 15.2 Å². The molecular weight excluding hydrogens is 342 g/mol. The van der Waals surface area contributed by atoms with Crippen LogP contribution in [0.4, 0.5) is 8.78 Å². The van der Waals surface area contributed by atoms with Gasteiger partial charge in [0.25, 0.3) is 0 Å². The first-order valence-corrected chi connectivity index (χ1v) is 8.41. The average Bonchev–Trinajstić information content (AvgIpc) is 2.56. The van der Waals surface area contributed by atoms with E-state index >= 15 is 0 Å². The first-order chi connectivity index (χ1) is 12.4. The van der Waals surface area contributed by atoms with Crippen LogP contribution < -0.4 is 10.1 Å². The molecule has 0 saturated heterocycles. The van der Waals surface area contributed by atoms with Gasteiger partial charge in [0.2, 0.25) is 5.88 Å². The Bertz CT molecular complexity index is 743. The predicted molar refractivity (Wildman–Crippen MR) is 93.9 cm³/mol. The molecule has 0 amide bonds. The number of hydrogen-bond acceptors (Lipinski definition) is 4. The standard InChI is InChI=1S/C19H22F2N2O3/c1-12(2)26-19-14(5-3-8-23-19)13-9-16(20)15(17(21)10-13)11-22-7-4-6-18(24)25/h3,5,8-10,12,22H,4,6-7,11H2,1-2H3,(H,24,25). The smallest absolute Gasteiger partial charge is 0.303 e. The Labute approximate surface area is 151 Å². The van der Waals surface area contributed by atoms with Crippen LogP contribution in [0.25, 0.3) is 11.1 Å². The van der Waals surface area contributed by atoms with Crippen LogP contribution in [0.2, 0.25) is 0 Å². The summed E-state index contributed by atoms with van der Waals surface area (Å²) in [5, 5.41) is 11.4. The summed E-state index contributed by atoms with van der Waals surface area (Å²) < 4.78 is 34.4. The maximum atomic E-state index is 14.4. The minimum absolute atomic E-state index is 0.0105. The molecule has 0 aliphatic heterocycles. The van der Waals surface area contributed by atoms with Crippen molar-refractivity contribution < 1.29 is 23.4 Å². The first-order valence-electron chi connectivity index (χ1n) is 8.41. The lowest BCUT2D eigenvalue weighted by molar-refractivity contribution is -0.137. The molecule has 1 aromatic carbocycles. The quantitative estimate of drug-likeness (QED) is 0.663. The van der Waals surface area contributed by atoms with Gasteiger partial charge in [-0.1, -0.05) is 0 Å². The fourth-order valence-electron chi connectivity index (χ4n) is 2.43. The number of benzene rings is 1. The monoisotopic (exact) mass is 364 g/mol. The van der Waals surface area contributed by atoms with E-state index in [1.54, 1.807) is 18.3 Å².